The molecule has 0 aromatic carbocycles. The average molecular weight is 266 g/mol. The first-order valence-corrected chi connectivity index (χ1v) is 6.86. The van der Waals surface area contributed by atoms with E-state index in [4.69, 9.17) is 5.73 Å². The zero-order chi connectivity index (χ0) is 13.8. The molecular weight excluding hydrogens is 241 g/mol. The van der Waals surface area contributed by atoms with Crippen molar-refractivity contribution >= 4 is 0 Å². The van der Waals surface area contributed by atoms with E-state index in [1.807, 2.05) is 4.90 Å². The van der Waals surface area contributed by atoms with Gasteiger partial charge in [-0.05, 0) is 44.2 Å². The summed E-state index contributed by atoms with van der Waals surface area (Å²) in [5, 5.41) is 0. The van der Waals surface area contributed by atoms with Gasteiger partial charge in [-0.1, -0.05) is 13.8 Å². The minimum atomic E-state index is -4.05. The van der Waals surface area contributed by atoms with Gasteiger partial charge in [0.25, 0.3) is 0 Å². The molecule has 1 heterocycles. The summed E-state index contributed by atoms with van der Waals surface area (Å²) in [5.74, 6) is -1.16. The third-order valence-corrected chi connectivity index (χ3v) is 4.46. The molecule has 1 rings (SSSR count). The highest BCUT2D eigenvalue weighted by Crippen LogP contribution is 2.35. The van der Waals surface area contributed by atoms with Gasteiger partial charge in [-0.15, -0.1) is 0 Å². The van der Waals surface area contributed by atoms with Crippen LogP contribution in [0.25, 0.3) is 0 Å². The van der Waals surface area contributed by atoms with E-state index < -0.39 is 12.1 Å². The normalized spacial score (nSPS) is 23.3. The summed E-state index contributed by atoms with van der Waals surface area (Å²) >= 11 is 0. The van der Waals surface area contributed by atoms with Crippen molar-refractivity contribution in [2.24, 2.45) is 17.1 Å². The van der Waals surface area contributed by atoms with E-state index in [9.17, 15) is 13.2 Å². The first kappa shape index (κ1) is 15.8. The first-order valence-electron chi connectivity index (χ1n) is 6.86. The molecule has 2 N–H and O–H groups in total. The van der Waals surface area contributed by atoms with Gasteiger partial charge in [0.1, 0.15) is 0 Å². The Labute approximate surface area is 108 Å². The lowest BCUT2D eigenvalue weighted by atomic mass is 9.81. The molecule has 0 aliphatic carbocycles. The van der Waals surface area contributed by atoms with Crippen molar-refractivity contribution in [1.82, 2.24) is 4.90 Å². The van der Waals surface area contributed by atoms with Crippen LogP contribution in [-0.4, -0.2) is 37.3 Å². The van der Waals surface area contributed by atoms with E-state index in [0.717, 1.165) is 19.4 Å². The summed E-state index contributed by atoms with van der Waals surface area (Å²) in [6, 6.07) is 0. The van der Waals surface area contributed by atoms with Gasteiger partial charge in [-0.25, -0.2) is 0 Å². The third kappa shape index (κ3) is 3.85. The van der Waals surface area contributed by atoms with Crippen LogP contribution in [0.15, 0.2) is 0 Å². The Kier molecular flexibility index (Phi) is 5.46. The van der Waals surface area contributed by atoms with Crippen molar-refractivity contribution in [3.8, 4) is 0 Å². The molecule has 1 fully saturated rings. The number of nitrogens with zero attached hydrogens (tertiary/aromatic N) is 1. The van der Waals surface area contributed by atoms with Crippen LogP contribution in [0.5, 0.6) is 0 Å². The van der Waals surface area contributed by atoms with Gasteiger partial charge in [0.05, 0.1) is 5.92 Å². The minimum absolute atomic E-state index is 0.0203. The summed E-state index contributed by atoms with van der Waals surface area (Å²) in [5.41, 5.74) is 5.80. The standard InChI is InChI=1S/C13H25F3N2/c1-3-12(4-2,9-17)10-18-7-5-6-11(8-18)13(14,15)16/h11H,3-10,17H2,1-2H3. The van der Waals surface area contributed by atoms with Crippen molar-refractivity contribution in [1.29, 1.82) is 0 Å². The molecular formula is C13H25F3N2. The Morgan fingerprint density at radius 3 is 2.28 bits per heavy atom. The van der Waals surface area contributed by atoms with Gasteiger partial charge in [0.15, 0.2) is 0 Å². The number of rotatable bonds is 5. The molecule has 0 aromatic rings. The van der Waals surface area contributed by atoms with Crippen LogP contribution in [0.3, 0.4) is 0 Å². The molecule has 1 atom stereocenters. The Bertz CT molecular complexity index is 241. The molecule has 1 aliphatic rings. The molecule has 0 amide bonds. The van der Waals surface area contributed by atoms with Gasteiger partial charge in [0.2, 0.25) is 0 Å². The zero-order valence-electron chi connectivity index (χ0n) is 11.4. The molecule has 18 heavy (non-hydrogen) atoms. The number of alkyl halides is 3. The quantitative estimate of drug-likeness (QED) is 0.828. The first-order chi connectivity index (χ1) is 8.37. The van der Waals surface area contributed by atoms with Crippen molar-refractivity contribution in [3.63, 3.8) is 0 Å². The van der Waals surface area contributed by atoms with Crippen LogP contribution >= 0.6 is 0 Å². The van der Waals surface area contributed by atoms with Crippen molar-refractivity contribution in [2.45, 2.75) is 45.7 Å². The minimum Gasteiger partial charge on any atom is -0.330 e. The summed E-state index contributed by atoms with van der Waals surface area (Å²) in [6.45, 7) is 6.30. The van der Waals surface area contributed by atoms with Gasteiger partial charge in [-0.3, -0.25) is 0 Å². The van der Waals surface area contributed by atoms with Crippen LogP contribution in [-0.2, 0) is 0 Å². The topological polar surface area (TPSA) is 29.3 Å². The van der Waals surface area contributed by atoms with E-state index in [1.54, 1.807) is 0 Å². The maximum Gasteiger partial charge on any atom is 0.393 e. The molecule has 0 saturated carbocycles. The van der Waals surface area contributed by atoms with Crippen molar-refractivity contribution in [3.05, 3.63) is 0 Å². The second-order valence-corrected chi connectivity index (χ2v) is 5.53. The van der Waals surface area contributed by atoms with Gasteiger partial charge < -0.3 is 10.6 Å². The molecule has 1 aliphatic heterocycles. The predicted octanol–water partition coefficient (Wildman–Crippen LogP) is 3.03. The smallest absolute Gasteiger partial charge is 0.330 e. The lowest BCUT2D eigenvalue weighted by Crippen LogP contribution is -2.48. The van der Waals surface area contributed by atoms with Crippen molar-refractivity contribution < 1.29 is 13.2 Å². The van der Waals surface area contributed by atoms with E-state index in [2.05, 4.69) is 13.8 Å². The molecule has 0 radical (unpaired) electrons. The molecule has 1 saturated heterocycles. The SMILES string of the molecule is CCC(CC)(CN)CN1CCCC(C(F)(F)F)C1. The Balaban J connectivity index is 2.62. The maximum atomic E-state index is 12.7. The summed E-state index contributed by atoms with van der Waals surface area (Å²) < 4.78 is 38.2. The molecule has 2 nitrogen and oxygen atoms in total. The number of hydrogen-bond acceptors (Lipinski definition) is 2. The van der Waals surface area contributed by atoms with E-state index in [1.165, 1.54) is 0 Å². The van der Waals surface area contributed by atoms with Crippen LogP contribution in [0.1, 0.15) is 39.5 Å². The summed E-state index contributed by atoms with van der Waals surface area (Å²) in [4.78, 5) is 1.96. The highest BCUT2D eigenvalue weighted by Gasteiger charge is 2.42. The summed E-state index contributed by atoms with van der Waals surface area (Å²) in [6.07, 6.45) is -1.30. The largest absolute Gasteiger partial charge is 0.393 e. The van der Waals surface area contributed by atoms with Gasteiger partial charge in [0, 0.05) is 13.1 Å². The van der Waals surface area contributed by atoms with Crippen molar-refractivity contribution in [2.75, 3.05) is 26.2 Å². The molecule has 108 valence electrons. The van der Waals surface area contributed by atoms with Crippen LogP contribution in [0.4, 0.5) is 13.2 Å². The van der Waals surface area contributed by atoms with Gasteiger partial charge >= 0.3 is 6.18 Å². The highest BCUT2D eigenvalue weighted by molar-refractivity contribution is 4.85. The predicted molar refractivity (Wildman–Crippen MR) is 67.3 cm³/mol. The second-order valence-electron chi connectivity index (χ2n) is 5.53. The van der Waals surface area contributed by atoms with E-state index in [-0.39, 0.29) is 18.4 Å². The summed E-state index contributed by atoms with van der Waals surface area (Å²) in [7, 11) is 0. The van der Waals surface area contributed by atoms with Crippen LogP contribution in [0, 0.1) is 11.3 Å². The fourth-order valence-electron chi connectivity index (χ4n) is 2.77. The Morgan fingerprint density at radius 1 is 1.22 bits per heavy atom. The molecule has 0 aromatic heterocycles. The average Bonchev–Trinajstić information content (AvgIpc) is 2.35. The highest BCUT2D eigenvalue weighted by atomic mass is 19.4. The third-order valence-electron chi connectivity index (χ3n) is 4.46. The monoisotopic (exact) mass is 266 g/mol. The lowest BCUT2D eigenvalue weighted by molar-refractivity contribution is -0.187. The van der Waals surface area contributed by atoms with Crippen LogP contribution in [0.2, 0.25) is 0 Å². The van der Waals surface area contributed by atoms with E-state index >= 15 is 0 Å². The zero-order valence-corrected chi connectivity index (χ0v) is 11.4. The molecule has 5 heteroatoms. The molecule has 0 spiro atoms. The number of hydrogen-bond donors (Lipinski definition) is 1. The Morgan fingerprint density at radius 2 is 1.83 bits per heavy atom. The van der Waals surface area contributed by atoms with E-state index in [0.29, 0.717) is 19.5 Å². The number of nitrogens with two attached hydrogens (primary N) is 1. The maximum absolute atomic E-state index is 12.7. The second kappa shape index (κ2) is 6.24. The molecule has 1 unspecified atom stereocenters. The number of likely N-dealkylation sites (tertiary alicyclic amines) is 1. The fraction of sp³-hybridized carbons (Fsp3) is 1.00. The Hall–Kier alpha value is -0.290. The number of piperidine rings is 1. The van der Waals surface area contributed by atoms with Gasteiger partial charge in [-0.2, -0.15) is 13.2 Å². The number of halogens is 3. The van der Waals surface area contributed by atoms with Crippen LogP contribution < -0.4 is 5.73 Å². The lowest BCUT2D eigenvalue weighted by Gasteiger charge is -2.40. The fourth-order valence-corrected chi connectivity index (χ4v) is 2.77. The molecule has 0 bridgehead atoms.